The first-order valence-electron chi connectivity index (χ1n) is 4.73. The Bertz CT molecular complexity index is 489. The molecule has 7 heteroatoms. The maximum Gasteiger partial charge on any atom is 0.312 e. The van der Waals surface area contributed by atoms with Crippen molar-refractivity contribution in [3.8, 4) is 6.07 Å². The van der Waals surface area contributed by atoms with E-state index < -0.39 is 4.92 Å². The number of nitrogens with zero attached hydrogens (tertiary/aromatic N) is 3. The highest BCUT2D eigenvalue weighted by molar-refractivity contribution is 5.65. The molecule has 0 atom stereocenters. The summed E-state index contributed by atoms with van der Waals surface area (Å²) in [5.41, 5.74) is 5.25. The largest absolute Gasteiger partial charge is 0.378 e. The molecular formula is C9H9N5O2. The molecule has 0 spiro atoms. The lowest BCUT2D eigenvalue weighted by molar-refractivity contribution is -0.384. The van der Waals surface area contributed by atoms with Gasteiger partial charge in [0, 0.05) is 12.1 Å². The predicted octanol–water partition coefficient (Wildman–Crippen LogP) is 1.02. The van der Waals surface area contributed by atoms with E-state index in [1.807, 2.05) is 6.07 Å². The first-order valence-corrected chi connectivity index (χ1v) is 4.73. The van der Waals surface area contributed by atoms with Crippen LogP contribution in [-0.4, -0.2) is 15.9 Å². The molecule has 0 saturated heterocycles. The minimum atomic E-state index is -0.649. The van der Waals surface area contributed by atoms with Crippen molar-refractivity contribution in [1.82, 2.24) is 4.98 Å². The fourth-order valence-electron chi connectivity index (χ4n) is 1.28. The number of nitrogen functional groups attached to an aromatic ring is 1. The molecule has 1 saturated carbocycles. The van der Waals surface area contributed by atoms with E-state index in [1.54, 1.807) is 0 Å². The second-order valence-electron chi connectivity index (χ2n) is 3.58. The topological polar surface area (TPSA) is 118 Å². The van der Waals surface area contributed by atoms with Crippen molar-refractivity contribution < 1.29 is 4.92 Å². The Kier molecular flexibility index (Phi) is 2.32. The number of nitriles is 1. The van der Waals surface area contributed by atoms with Gasteiger partial charge in [0.15, 0.2) is 0 Å². The molecule has 0 radical (unpaired) electrons. The van der Waals surface area contributed by atoms with Gasteiger partial charge in [-0.3, -0.25) is 10.1 Å². The van der Waals surface area contributed by atoms with Crippen LogP contribution in [0.15, 0.2) is 6.07 Å². The van der Waals surface area contributed by atoms with Crippen molar-refractivity contribution in [2.24, 2.45) is 0 Å². The van der Waals surface area contributed by atoms with Crippen molar-refractivity contribution in [3.05, 3.63) is 21.7 Å². The second kappa shape index (κ2) is 3.66. The van der Waals surface area contributed by atoms with Crippen molar-refractivity contribution in [3.63, 3.8) is 0 Å². The molecule has 0 aromatic carbocycles. The number of hydrogen-bond donors (Lipinski definition) is 2. The normalized spacial score (nSPS) is 14.2. The molecule has 0 bridgehead atoms. The van der Waals surface area contributed by atoms with E-state index in [2.05, 4.69) is 10.3 Å². The number of pyridine rings is 1. The van der Waals surface area contributed by atoms with Crippen LogP contribution in [0.2, 0.25) is 0 Å². The van der Waals surface area contributed by atoms with Gasteiger partial charge in [0.2, 0.25) is 5.82 Å². The molecule has 1 aromatic rings. The Morgan fingerprint density at radius 1 is 1.69 bits per heavy atom. The molecule has 1 heterocycles. The minimum Gasteiger partial charge on any atom is -0.378 e. The summed E-state index contributed by atoms with van der Waals surface area (Å²) in [7, 11) is 0. The molecule has 0 amide bonds. The van der Waals surface area contributed by atoms with E-state index >= 15 is 0 Å². The lowest BCUT2D eigenvalue weighted by Gasteiger charge is -2.06. The van der Waals surface area contributed by atoms with Gasteiger partial charge in [0.05, 0.1) is 4.92 Å². The average molecular weight is 219 g/mol. The van der Waals surface area contributed by atoms with Gasteiger partial charge in [-0.05, 0) is 12.8 Å². The summed E-state index contributed by atoms with van der Waals surface area (Å²) in [6.07, 6.45) is 2.03. The van der Waals surface area contributed by atoms with Gasteiger partial charge in [-0.15, -0.1) is 0 Å². The van der Waals surface area contributed by atoms with Crippen LogP contribution >= 0.6 is 0 Å². The summed E-state index contributed by atoms with van der Waals surface area (Å²) < 4.78 is 0. The van der Waals surface area contributed by atoms with Crippen molar-refractivity contribution in [2.75, 3.05) is 11.1 Å². The van der Waals surface area contributed by atoms with Crippen LogP contribution < -0.4 is 11.1 Å². The van der Waals surface area contributed by atoms with E-state index in [1.165, 1.54) is 0 Å². The molecule has 1 aliphatic carbocycles. The number of nitrogens with one attached hydrogen (secondary N) is 1. The number of hydrogen-bond acceptors (Lipinski definition) is 6. The van der Waals surface area contributed by atoms with Gasteiger partial charge in [0.1, 0.15) is 17.5 Å². The molecule has 16 heavy (non-hydrogen) atoms. The molecular weight excluding hydrogens is 210 g/mol. The van der Waals surface area contributed by atoms with Gasteiger partial charge in [-0.25, -0.2) is 4.98 Å². The summed E-state index contributed by atoms with van der Waals surface area (Å²) in [5.74, 6) is 0.153. The van der Waals surface area contributed by atoms with Crippen molar-refractivity contribution in [1.29, 1.82) is 5.26 Å². The number of nitrogens with two attached hydrogens (primary N) is 1. The summed E-state index contributed by atoms with van der Waals surface area (Å²) >= 11 is 0. The average Bonchev–Trinajstić information content (AvgIpc) is 3.01. The fraction of sp³-hybridized carbons (Fsp3) is 0.333. The fourth-order valence-corrected chi connectivity index (χ4v) is 1.28. The van der Waals surface area contributed by atoms with Crippen LogP contribution in [0.25, 0.3) is 0 Å². The molecule has 0 unspecified atom stereocenters. The van der Waals surface area contributed by atoms with Crippen molar-refractivity contribution in [2.45, 2.75) is 18.9 Å². The van der Waals surface area contributed by atoms with Crippen molar-refractivity contribution >= 4 is 17.3 Å². The SMILES string of the molecule is N#Cc1cc([N+](=O)[O-])c(N)nc1NC1CC1. The number of nitro groups is 1. The maximum atomic E-state index is 10.6. The molecule has 1 fully saturated rings. The zero-order valence-electron chi connectivity index (χ0n) is 8.30. The monoisotopic (exact) mass is 219 g/mol. The van der Waals surface area contributed by atoms with Crippen LogP contribution in [0.1, 0.15) is 18.4 Å². The van der Waals surface area contributed by atoms with Gasteiger partial charge < -0.3 is 11.1 Å². The maximum absolute atomic E-state index is 10.6. The lowest BCUT2D eigenvalue weighted by Crippen LogP contribution is -2.08. The van der Waals surface area contributed by atoms with Crippen LogP contribution in [0, 0.1) is 21.4 Å². The van der Waals surface area contributed by atoms with E-state index in [-0.39, 0.29) is 17.1 Å². The quantitative estimate of drug-likeness (QED) is 0.578. The van der Waals surface area contributed by atoms with Crippen LogP contribution in [0.3, 0.4) is 0 Å². The Balaban J connectivity index is 2.41. The highest BCUT2D eigenvalue weighted by Gasteiger charge is 2.25. The van der Waals surface area contributed by atoms with Gasteiger partial charge in [-0.2, -0.15) is 5.26 Å². The Morgan fingerprint density at radius 3 is 2.88 bits per heavy atom. The molecule has 2 rings (SSSR count). The van der Waals surface area contributed by atoms with E-state index in [0.717, 1.165) is 18.9 Å². The third-order valence-corrected chi connectivity index (χ3v) is 2.27. The zero-order chi connectivity index (χ0) is 11.7. The first kappa shape index (κ1) is 10.2. The summed E-state index contributed by atoms with van der Waals surface area (Å²) in [6, 6.07) is 3.32. The third-order valence-electron chi connectivity index (χ3n) is 2.27. The van der Waals surface area contributed by atoms with Gasteiger partial charge >= 0.3 is 5.69 Å². The zero-order valence-corrected chi connectivity index (χ0v) is 8.30. The highest BCUT2D eigenvalue weighted by Crippen LogP contribution is 2.29. The lowest BCUT2D eigenvalue weighted by atomic mass is 10.2. The standard InChI is InChI=1S/C9H9N5O2/c10-4-5-3-7(14(15)16)8(11)13-9(5)12-6-1-2-6/h3,6H,1-2H2,(H3,11,12,13). The predicted molar refractivity (Wildman–Crippen MR) is 56.7 cm³/mol. The highest BCUT2D eigenvalue weighted by atomic mass is 16.6. The second-order valence-corrected chi connectivity index (χ2v) is 3.58. The number of aromatic nitrogens is 1. The molecule has 82 valence electrons. The molecule has 3 N–H and O–H groups in total. The molecule has 1 aromatic heterocycles. The molecule has 0 aliphatic heterocycles. The number of anilines is 2. The van der Waals surface area contributed by atoms with E-state index in [9.17, 15) is 10.1 Å². The van der Waals surface area contributed by atoms with Crippen LogP contribution in [0.5, 0.6) is 0 Å². The van der Waals surface area contributed by atoms with E-state index in [0.29, 0.717) is 11.9 Å². The van der Waals surface area contributed by atoms with Crippen LogP contribution in [0.4, 0.5) is 17.3 Å². The summed E-state index contributed by atoms with van der Waals surface area (Å²) in [4.78, 5) is 13.8. The summed E-state index contributed by atoms with van der Waals surface area (Å²) in [6.45, 7) is 0. The number of rotatable bonds is 3. The third kappa shape index (κ3) is 1.86. The Hall–Kier alpha value is -2.36. The van der Waals surface area contributed by atoms with E-state index in [4.69, 9.17) is 11.0 Å². The van der Waals surface area contributed by atoms with Gasteiger partial charge in [0.25, 0.3) is 0 Å². The molecule has 1 aliphatic rings. The van der Waals surface area contributed by atoms with Crippen LogP contribution in [-0.2, 0) is 0 Å². The Morgan fingerprint density at radius 2 is 2.38 bits per heavy atom. The summed E-state index contributed by atoms with van der Waals surface area (Å²) in [5, 5.41) is 22.5. The van der Waals surface area contributed by atoms with Gasteiger partial charge in [-0.1, -0.05) is 0 Å². The molecule has 7 nitrogen and oxygen atoms in total. The first-order chi connectivity index (χ1) is 7.61. The minimum absolute atomic E-state index is 0.146. The smallest absolute Gasteiger partial charge is 0.312 e. The Labute approximate surface area is 91.0 Å².